The zero-order chi connectivity index (χ0) is 12.0. The largest absolute Gasteiger partial charge is 0.507 e. The summed E-state index contributed by atoms with van der Waals surface area (Å²) in [5.41, 5.74) is 0.656. The van der Waals surface area contributed by atoms with Crippen molar-refractivity contribution in [3.8, 4) is 5.75 Å². The van der Waals surface area contributed by atoms with Crippen molar-refractivity contribution in [1.82, 2.24) is 4.90 Å². The number of nitrogens with zero attached hydrogens (tertiary/aromatic N) is 1. The first kappa shape index (κ1) is 12.3. The Morgan fingerprint density at radius 2 is 1.94 bits per heavy atom. The molecule has 3 heteroatoms. The number of hydrogen-bond donors (Lipinski definition) is 1. The van der Waals surface area contributed by atoms with Gasteiger partial charge in [-0.2, -0.15) is 0 Å². The molecule has 1 aromatic rings. The molecule has 0 heterocycles. The lowest BCUT2D eigenvalue weighted by Crippen LogP contribution is -2.28. The maximum absolute atomic E-state index is 11.6. The number of likely N-dealkylation sites (N-methyl/N-ethyl adjacent to an activating group) is 1. The van der Waals surface area contributed by atoms with Crippen molar-refractivity contribution < 1.29 is 9.90 Å². The monoisotopic (exact) mass is 219 g/mol. The molecule has 0 bridgehead atoms. The summed E-state index contributed by atoms with van der Waals surface area (Å²) in [5, 5.41) is 9.50. The number of rotatable bonds is 4. The summed E-state index contributed by atoms with van der Waals surface area (Å²) in [6, 6.07) is 6.93. The Balaban J connectivity index is 2.74. The fourth-order valence-electron chi connectivity index (χ4n) is 1.43. The Bertz CT molecular complexity index is 381. The van der Waals surface area contributed by atoms with Crippen molar-refractivity contribution in [3.05, 3.63) is 35.9 Å². The van der Waals surface area contributed by atoms with Gasteiger partial charge in [0.2, 0.25) is 5.91 Å². The molecule has 0 aromatic heterocycles. The Morgan fingerprint density at radius 1 is 1.31 bits per heavy atom. The SMILES string of the molecule is CCN(CC)C(=O)/C=C\c1ccccc1O. The maximum atomic E-state index is 11.6. The molecule has 0 fully saturated rings. The van der Waals surface area contributed by atoms with Crippen LogP contribution in [0.2, 0.25) is 0 Å². The van der Waals surface area contributed by atoms with Gasteiger partial charge >= 0.3 is 0 Å². The van der Waals surface area contributed by atoms with E-state index in [0.717, 1.165) is 0 Å². The first-order valence-corrected chi connectivity index (χ1v) is 5.44. The Hall–Kier alpha value is -1.77. The molecule has 0 saturated heterocycles. The number of benzene rings is 1. The van der Waals surface area contributed by atoms with Crippen molar-refractivity contribution in [1.29, 1.82) is 0 Å². The molecule has 1 rings (SSSR count). The van der Waals surface area contributed by atoms with Crippen LogP contribution in [0.1, 0.15) is 19.4 Å². The normalized spacial score (nSPS) is 10.6. The van der Waals surface area contributed by atoms with Gasteiger partial charge in [0.15, 0.2) is 0 Å². The highest BCUT2D eigenvalue weighted by atomic mass is 16.3. The van der Waals surface area contributed by atoms with E-state index in [1.807, 2.05) is 19.9 Å². The quantitative estimate of drug-likeness (QED) is 0.789. The summed E-state index contributed by atoms with van der Waals surface area (Å²) in [5.74, 6) is 0.152. The number of carbonyl (C=O) groups excluding carboxylic acids is 1. The first-order valence-electron chi connectivity index (χ1n) is 5.44. The predicted molar refractivity (Wildman–Crippen MR) is 65.1 cm³/mol. The van der Waals surface area contributed by atoms with E-state index in [1.54, 1.807) is 29.2 Å². The average Bonchev–Trinajstić information content (AvgIpc) is 2.29. The van der Waals surface area contributed by atoms with Gasteiger partial charge in [-0.25, -0.2) is 0 Å². The molecule has 0 unspecified atom stereocenters. The minimum atomic E-state index is -0.0340. The van der Waals surface area contributed by atoms with E-state index in [2.05, 4.69) is 0 Å². The summed E-state index contributed by atoms with van der Waals surface area (Å²) >= 11 is 0. The third-order valence-electron chi connectivity index (χ3n) is 2.42. The van der Waals surface area contributed by atoms with E-state index in [0.29, 0.717) is 18.7 Å². The second-order valence-electron chi connectivity index (χ2n) is 3.40. The molecule has 0 spiro atoms. The van der Waals surface area contributed by atoms with Crippen LogP contribution in [0.25, 0.3) is 6.08 Å². The number of phenols is 1. The lowest BCUT2D eigenvalue weighted by molar-refractivity contribution is -0.125. The van der Waals surface area contributed by atoms with Crippen LogP contribution in [0.3, 0.4) is 0 Å². The third-order valence-corrected chi connectivity index (χ3v) is 2.42. The molecule has 16 heavy (non-hydrogen) atoms. The highest BCUT2D eigenvalue weighted by Crippen LogP contribution is 2.16. The molecule has 0 atom stereocenters. The average molecular weight is 219 g/mol. The molecule has 86 valence electrons. The van der Waals surface area contributed by atoms with E-state index >= 15 is 0 Å². The van der Waals surface area contributed by atoms with Crippen LogP contribution >= 0.6 is 0 Å². The lowest BCUT2D eigenvalue weighted by Gasteiger charge is -2.15. The van der Waals surface area contributed by atoms with Gasteiger partial charge in [0.1, 0.15) is 5.75 Å². The van der Waals surface area contributed by atoms with Crippen LogP contribution in [0.15, 0.2) is 30.3 Å². The van der Waals surface area contributed by atoms with Gasteiger partial charge in [-0.15, -0.1) is 0 Å². The molecule has 0 aliphatic carbocycles. The predicted octanol–water partition coefficient (Wildman–Crippen LogP) is 2.27. The van der Waals surface area contributed by atoms with Crippen LogP contribution in [0.5, 0.6) is 5.75 Å². The standard InChI is InChI=1S/C13H17NO2/c1-3-14(4-2)13(16)10-9-11-7-5-6-8-12(11)15/h5-10,15H,3-4H2,1-2H3/b10-9-. The van der Waals surface area contributed by atoms with Gasteiger partial charge in [0, 0.05) is 24.7 Å². The number of aromatic hydroxyl groups is 1. The zero-order valence-electron chi connectivity index (χ0n) is 9.68. The van der Waals surface area contributed by atoms with Crippen molar-refractivity contribution in [2.75, 3.05) is 13.1 Å². The van der Waals surface area contributed by atoms with Crippen molar-refractivity contribution in [3.63, 3.8) is 0 Å². The maximum Gasteiger partial charge on any atom is 0.246 e. The van der Waals surface area contributed by atoms with E-state index < -0.39 is 0 Å². The first-order chi connectivity index (χ1) is 7.69. The number of phenolic OH excluding ortho intramolecular Hbond substituents is 1. The van der Waals surface area contributed by atoms with E-state index in [4.69, 9.17) is 0 Å². The molecular formula is C13H17NO2. The van der Waals surface area contributed by atoms with Gasteiger partial charge in [-0.3, -0.25) is 4.79 Å². The number of amides is 1. The Kier molecular flexibility index (Phi) is 4.58. The molecule has 1 N–H and O–H groups in total. The summed E-state index contributed by atoms with van der Waals surface area (Å²) in [6.45, 7) is 5.27. The molecule has 3 nitrogen and oxygen atoms in total. The van der Waals surface area contributed by atoms with Crippen molar-refractivity contribution >= 4 is 12.0 Å². The third kappa shape index (κ3) is 3.12. The zero-order valence-corrected chi connectivity index (χ0v) is 9.68. The Morgan fingerprint density at radius 3 is 2.50 bits per heavy atom. The fourth-order valence-corrected chi connectivity index (χ4v) is 1.43. The van der Waals surface area contributed by atoms with Crippen LogP contribution in [0, 0.1) is 0 Å². The summed E-state index contributed by atoms with van der Waals surface area (Å²) in [7, 11) is 0. The van der Waals surface area contributed by atoms with Crippen LogP contribution in [0.4, 0.5) is 0 Å². The summed E-state index contributed by atoms with van der Waals surface area (Å²) in [4.78, 5) is 13.4. The van der Waals surface area contributed by atoms with Crippen LogP contribution in [-0.2, 0) is 4.79 Å². The number of para-hydroxylation sites is 1. The number of carbonyl (C=O) groups is 1. The summed E-state index contributed by atoms with van der Waals surface area (Å²) < 4.78 is 0. The molecule has 0 saturated carbocycles. The number of hydrogen-bond acceptors (Lipinski definition) is 2. The van der Waals surface area contributed by atoms with Gasteiger partial charge in [-0.05, 0) is 26.0 Å². The minimum Gasteiger partial charge on any atom is -0.507 e. The second kappa shape index (κ2) is 5.95. The van der Waals surface area contributed by atoms with Gasteiger partial charge in [0.25, 0.3) is 0 Å². The van der Waals surface area contributed by atoms with Gasteiger partial charge in [-0.1, -0.05) is 18.2 Å². The van der Waals surface area contributed by atoms with E-state index in [1.165, 1.54) is 6.08 Å². The molecule has 1 aromatic carbocycles. The smallest absolute Gasteiger partial charge is 0.246 e. The summed E-state index contributed by atoms with van der Waals surface area (Å²) in [6.07, 6.45) is 3.12. The van der Waals surface area contributed by atoms with Crippen molar-refractivity contribution in [2.45, 2.75) is 13.8 Å². The molecule has 1 amide bonds. The Labute approximate surface area is 96.0 Å². The van der Waals surface area contributed by atoms with Crippen LogP contribution < -0.4 is 0 Å². The van der Waals surface area contributed by atoms with Gasteiger partial charge < -0.3 is 10.0 Å². The van der Waals surface area contributed by atoms with Crippen LogP contribution in [-0.4, -0.2) is 29.0 Å². The highest BCUT2D eigenvalue weighted by Gasteiger charge is 2.04. The minimum absolute atomic E-state index is 0.0340. The second-order valence-corrected chi connectivity index (χ2v) is 3.40. The molecule has 0 radical (unpaired) electrons. The molecule has 0 aliphatic heterocycles. The van der Waals surface area contributed by atoms with Crippen molar-refractivity contribution in [2.24, 2.45) is 0 Å². The van der Waals surface area contributed by atoms with Gasteiger partial charge in [0.05, 0.1) is 0 Å². The molecular weight excluding hydrogens is 202 g/mol. The van der Waals surface area contributed by atoms with E-state index in [9.17, 15) is 9.90 Å². The molecule has 0 aliphatic rings. The highest BCUT2D eigenvalue weighted by molar-refractivity contribution is 5.92. The topological polar surface area (TPSA) is 40.5 Å². The van der Waals surface area contributed by atoms with E-state index in [-0.39, 0.29) is 11.7 Å². The fraction of sp³-hybridized carbons (Fsp3) is 0.308. The lowest BCUT2D eigenvalue weighted by atomic mass is 10.2.